The predicted molar refractivity (Wildman–Crippen MR) is 83.9 cm³/mol. The first-order valence-corrected chi connectivity index (χ1v) is 7.41. The molecule has 2 aromatic rings. The lowest BCUT2D eigenvalue weighted by atomic mass is 10.1. The summed E-state index contributed by atoms with van der Waals surface area (Å²) in [6.45, 7) is 0.486. The highest BCUT2D eigenvalue weighted by Gasteiger charge is 2.37. The summed E-state index contributed by atoms with van der Waals surface area (Å²) in [5.74, 6) is 1.22. The molecule has 1 N–H and O–H groups in total. The number of nitrogens with one attached hydrogen (secondary N) is 1. The number of hydrogen-bond acceptors (Lipinski definition) is 3. The Bertz CT molecular complexity index is 645. The molecule has 4 heteroatoms. The van der Waals surface area contributed by atoms with Gasteiger partial charge in [0.1, 0.15) is 5.82 Å². The summed E-state index contributed by atoms with van der Waals surface area (Å²) in [6.07, 6.45) is 1.10. The molecule has 0 aliphatic heterocycles. The van der Waals surface area contributed by atoms with Gasteiger partial charge in [-0.15, -0.1) is 0 Å². The van der Waals surface area contributed by atoms with Crippen molar-refractivity contribution in [2.24, 2.45) is 0 Å². The van der Waals surface area contributed by atoms with Crippen molar-refractivity contribution in [2.75, 3.05) is 14.2 Å². The minimum Gasteiger partial charge on any atom is -0.493 e. The van der Waals surface area contributed by atoms with E-state index >= 15 is 0 Å². The summed E-state index contributed by atoms with van der Waals surface area (Å²) < 4.78 is 24.4. The highest BCUT2D eigenvalue weighted by Crippen LogP contribution is 2.41. The molecular weight excluding hydrogens is 281 g/mol. The second-order valence-corrected chi connectivity index (χ2v) is 5.54. The Morgan fingerprint density at radius 3 is 2.45 bits per heavy atom. The third-order valence-corrected chi connectivity index (χ3v) is 4.13. The van der Waals surface area contributed by atoms with E-state index in [0.29, 0.717) is 35.6 Å². The zero-order chi connectivity index (χ0) is 15.5. The first kappa shape index (κ1) is 14.9. The van der Waals surface area contributed by atoms with Crippen LogP contribution in [0.2, 0.25) is 0 Å². The largest absolute Gasteiger partial charge is 0.493 e. The molecule has 0 radical (unpaired) electrons. The number of halogens is 1. The van der Waals surface area contributed by atoms with Crippen molar-refractivity contribution in [3.05, 3.63) is 59.4 Å². The van der Waals surface area contributed by atoms with Crippen molar-refractivity contribution in [3.63, 3.8) is 0 Å². The Labute approximate surface area is 130 Å². The van der Waals surface area contributed by atoms with E-state index in [2.05, 4.69) is 29.6 Å². The van der Waals surface area contributed by atoms with Gasteiger partial charge in [-0.3, -0.25) is 0 Å². The van der Waals surface area contributed by atoms with E-state index in [9.17, 15) is 4.39 Å². The molecule has 3 nitrogen and oxygen atoms in total. The molecule has 0 aromatic heterocycles. The number of rotatable bonds is 6. The number of benzene rings is 2. The third kappa shape index (κ3) is 3.07. The highest BCUT2D eigenvalue weighted by atomic mass is 19.1. The highest BCUT2D eigenvalue weighted by molar-refractivity contribution is 5.43. The van der Waals surface area contributed by atoms with Crippen LogP contribution in [-0.2, 0) is 6.54 Å². The molecule has 0 spiro atoms. The second kappa shape index (κ2) is 6.36. The first-order chi connectivity index (χ1) is 10.7. The van der Waals surface area contributed by atoms with Gasteiger partial charge in [0.2, 0.25) is 0 Å². The van der Waals surface area contributed by atoms with Crippen LogP contribution in [0.25, 0.3) is 0 Å². The van der Waals surface area contributed by atoms with Crippen LogP contribution < -0.4 is 14.8 Å². The molecule has 1 aliphatic carbocycles. The van der Waals surface area contributed by atoms with E-state index in [4.69, 9.17) is 9.47 Å². The topological polar surface area (TPSA) is 30.5 Å². The number of methoxy groups -OCH3 is 2. The molecular formula is C18H20FNO2. The molecule has 2 atom stereocenters. The van der Waals surface area contributed by atoms with Gasteiger partial charge in [0.15, 0.2) is 11.5 Å². The van der Waals surface area contributed by atoms with Crippen molar-refractivity contribution in [3.8, 4) is 11.5 Å². The van der Waals surface area contributed by atoms with E-state index in [0.717, 1.165) is 6.42 Å². The minimum atomic E-state index is -0.276. The van der Waals surface area contributed by atoms with Gasteiger partial charge in [0.05, 0.1) is 14.2 Å². The van der Waals surface area contributed by atoms with Crippen molar-refractivity contribution in [1.82, 2.24) is 5.32 Å². The van der Waals surface area contributed by atoms with Gasteiger partial charge in [-0.1, -0.05) is 30.3 Å². The van der Waals surface area contributed by atoms with E-state index in [1.165, 1.54) is 18.7 Å². The van der Waals surface area contributed by atoms with Crippen molar-refractivity contribution < 1.29 is 13.9 Å². The van der Waals surface area contributed by atoms with Crippen molar-refractivity contribution in [1.29, 1.82) is 0 Å². The summed E-state index contributed by atoms with van der Waals surface area (Å²) in [5.41, 5.74) is 1.93. The van der Waals surface area contributed by atoms with Crippen molar-refractivity contribution in [2.45, 2.75) is 24.9 Å². The summed E-state index contributed by atoms with van der Waals surface area (Å²) in [5, 5.41) is 3.41. The second-order valence-electron chi connectivity index (χ2n) is 5.54. The molecule has 1 saturated carbocycles. The van der Waals surface area contributed by atoms with Gasteiger partial charge in [0, 0.05) is 30.1 Å². The zero-order valence-electron chi connectivity index (χ0n) is 12.8. The molecule has 0 bridgehead atoms. The molecule has 0 amide bonds. The lowest BCUT2D eigenvalue weighted by molar-refractivity contribution is 0.351. The Morgan fingerprint density at radius 2 is 1.77 bits per heavy atom. The van der Waals surface area contributed by atoms with Crippen LogP contribution in [0, 0.1) is 5.82 Å². The number of ether oxygens (including phenoxy) is 2. The van der Waals surface area contributed by atoms with E-state index in [1.54, 1.807) is 13.2 Å². The molecule has 1 fully saturated rings. The summed E-state index contributed by atoms with van der Waals surface area (Å²) in [7, 11) is 3.06. The lowest BCUT2D eigenvalue weighted by Crippen LogP contribution is -2.18. The molecule has 0 saturated heterocycles. The van der Waals surface area contributed by atoms with Gasteiger partial charge < -0.3 is 14.8 Å². The Kier molecular flexibility index (Phi) is 4.29. The fraction of sp³-hybridized carbons (Fsp3) is 0.333. The molecule has 22 heavy (non-hydrogen) atoms. The molecule has 0 heterocycles. The maximum Gasteiger partial charge on any atom is 0.163 e. The monoisotopic (exact) mass is 301 g/mol. The van der Waals surface area contributed by atoms with E-state index in [1.807, 2.05) is 6.07 Å². The van der Waals surface area contributed by atoms with Gasteiger partial charge in [-0.25, -0.2) is 4.39 Å². The maximum atomic E-state index is 14.1. The molecule has 0 unspecified atom stereocenters. The van der Waals surface area contributed by atoms with Gasteiger partial charge in [-0.2, -0.15) is 0 Å². The van der Waals surface area contributed by atoms with E-state index < -0.39 is 0 Å². The lowest BCUT2D eigenvalue weighted by Gasteiger charge is -2.11. The van der Waals surface area contributed by atoms with Gasteiger partial charge >= 0.3 is 0 Å². The van der Waals surface area contributed by atoms with Crippen LogP contribution in [0.5, 0.6) is 11.5 Å². The first-order valence-electron chi connectivity index (χ1n) is 7.41. The fourth-order valence-electron chi connectivity index (χ4n) is 2.76. The maximum absolute atomic E-state index is 14.1. The van der Waals surface area contributed by atoms with Gasteiger partial charge in [-0.05, 0) is 18.1 Å². The minimum absolute atomic E-state index is 0.276. The molecule has 3 rings (SSSR count). The number of hydrogen-bond donors (Lipinski definition) is 1. The Morgan fingerprint density at radius 1 is 1.09 bits per heavy atom. The van der Waals surface area contributed by atoms with Crippen LogP contribution in [0.1, 0.15) is 23.5 Å². The molecule has 2 aromatic carbocycles. The van der Waals surface area contributed by atoms with Crippen LogP contribution in [0.3, 0.4) is 0 Å². The average molecular weight is 301 g/mol. The summed E-state index contributed by atoms with van der Waals surface area (Å²) in [6, 6.07) is 13.9. The van der Waals surface area contributed by atoms with Crippen LogP contribution in [0.15, 0.2) is 42.5 Å². The summed E-state index contributed by atoms with van der Waals surface area (Å²) >= 11 is 0. The van der Waals surface area contributed by atoms with Crippen LogP contribution in [-0.4, -0.2) is 20.3 Å². The average Bonchev–Trinajstić information content (AvgIpc) is 3.34. The summed E-state index contributed by atoms with van der Waals surface area (Å²) in [4.78, 5) is 0. The Balaban J connectivity index is 1.63. The Hall–Kier alpha value is -2.07. The SMILES string of the molecule is COc1cc(F)c(CN[C@@H]2C[C@H]2c2ccccc2)cc1OC. The van der Waals surface area contributed by atoms with Crippen molar-refractivity contribution >= 4 is 0 Å². The zero-order valence-corrected chi connectivity index (χ0v) is 12.8. The normalized spacial score (nSPS) is 19.8. The van der Waals surface area contributed by atoms with Crippen LogP contribution >= 0.6 is 0 Å². The smallest absolute Gasteiger partial charge is 0.163 e. The van der Waals surface area contributed by atoms with Crippen LogP contribution in [0.4, 0.5) is 4.39 Å². The van der Waals surface area contributed by atoms with E-state index in [-0.39, 0.29) is 5.82 Å². The van der Waals surface area contributed by atoms with Gasteiger partial charge in [0.25, 0.3) is 0 Å². The standard InChI is InChI=1S/C18H20FNO2/c1-21-17-8-13(15(19)10-18(17)22-2)11-20-16-9-14(16)12-6-4-3-5-7-12/h3-8,10,14,16,20H,9,11H2,1-2H3/t14-,16+/m0/s1. The predicted octanol–water partition coefficient (Wildman–Crippen LogP) is 3.49. The third-order valence-electron chi connectivity index (χ3n) is 4.13. The fourth-order valence-corrected chi connectivity index (χ4v) is 2.76. The molecule has 116 valence electrons. The quantitative estimate of drug-likeness (QED) is 0.886. The molecule has 1 aliphatic rings.